The van der Waals surface area contributed by atoms with Gasteiger partial charge in [-0.1, -0.05) is 13.8 Å². The number of sulfonamides is 1. The predicted octanol–water partition coefficient (Wildman–Crippen LogP) is 1.89. The summed E-state index contributed by atoms with van der Waals surface area (Å²) in [6.45, 7) is 7.18. The molecule has 7 heteroatoms. The molecule has 0 aromatic carbocycles. The van der Waals surface area contributed by atoms with E-state index in [1.165, 1.54) is 13.0 Å². The Hall–Kier alpha value is -1.34. The number of aryl methyl sites for hydroxylation is 1. The van der Waals surface area contributed by atoms with Crippen LogP contribution in [0.15, 0.2) is 15.4 Å². The van der Waals surface area contributed by atoms with Crippen molar-refractivity contribution in [3.05, 3.63) is 17.6 Å². The van der Waals surface area contributed by atoms with Crippen LogP contribution in [0.3, 0.4) is 0 Å². The van der Waals surface area contributed by atoms with Gasteiger partial charge in [0.25, 0.3) is 5.91 Å². The van der Waals surface area contributed by atoms with Crippen LogP contribution in [0.5, 0.6) is 0 Å². The number of carbonyl (C=O) groups is 1. The summed E-state index contributed by atoms with van der Waals surface area (Å²) in [6.07, 6.45) is 2.91. The first-order valence-electron chi connectivity index (χ1n) is 7.03. The van der Waals surface area contributed by atoms with E-state index in [1.54, 1.807) is 4.90 Å². The van der Waals surface area contributed by atoms with Gasteiger partial charge in [-0.05, 0) is 31.6 Å². The predicted molar refractivity (Wildman–Crippen MR) is 78.4 cm³/mol. The summed E-state index contributed by atoms with van der Waals surface area (Å²) in [5.41, 5.74) is 0.222. The Bertz CT molecular complexity index is 646. The molecule has 1 aliphatic rings. The highest BCUT2D eigenvalue weighted by Crippen LogP contribution is 2.30. The lowest BCUT2D eigenvalue weighted by atomic mass is 9.85. The molecule has 1 aromatic rings. The number of furan rings is 1. The maximum atomic E-state index is 12.5. The van der Waals surface area contributed by atoms with Gasteiger partial charge < -0.3 is 9.32 Å². The Balaban J connectivity index is 2.21. The number of amides is 1. The summed E-state index contributed by atoms with van der Waals surface area (Å²) in [7, 11) is -3.87. The second-order valence-corrected chi connectivity index (χ2v) is 7.92. The highest BCUT2D eigenvalue weighted by molar-refractivity contribution is 7.89. The topological polar surface area (TPSA) is 93.6 Å². The summed E-state index contributed by atoms with van der Waals surface area (Å²) >= 11 is 0. The lowest BCUT2D eigenvalue weighted by Crippen LogP contribution is -2.32. The van der Waals surface area contributed by atoms with Gasteiger partial charge in [-0.25, -0.2) is 13.6 Å². The van der Waals surface area contributed by atoms with E-state index < -0.39 is 10.0 Å². The maximum absolute atomic E-state index is 12.5. The molecule has 0 aliphatic carbocycles. The Morgan fingerprint density at radius 1 is 1.33 bits per heavy atom. The van der Waals surface area contributed by atoms with Crippen LogP contribution in [0, 0.1) is 12.3 Å². The minimum Gasteiger partial charge on any atom is -0.455 e. The number of primary sulfonamides is 1. The molecule has 21 heavy (non-hydrogen) atoms. The van der Waals surface area contributed by atoms with Gasteiger partial charge in [0.15, 0.2) is 5.76 Å². The molecule has 118 valence electrons. The summed E-state index contributed by atoms with van der Waals surface area (Å²) in [6, 6.07) is 1.23. The minimum absolute atomic E-state index is 0.0382. The molecule has 2 rings (SSSR count). The van der Waals surface area contributed by atoms with Crippen LogP contribution in [-0.4, -0.2) is 32.3 Å². The van der Waals surface area contributed by atoms with Crippen LogP contribution in [0.2, 0.25) is 0 Å². The van der Waals surface area contributed by atoms with E-state index in [0.717, 1.165) is 19.3 Å². The fraction of sp³-hybridized carbons (Fsp3) is 0.643. The van der Waals surface area contributed by atoms with E-state index in [-0.39, 0.29) is 27.7 Å². The molecule has 0 bridgehead atoms. The van der Waals surface area contributed by atoms with Gasteiger partial charge in [-0.2, -0.15) is 0 Å². The third-order valence-corrected chi connectivity index (χ3v) is 5.04. The standard InChI is InChI=1S/C14H22N2O4S/c1-10-12(21(15,18)19)9-11(20-10)13(17)16-7-4-5-14(2,3)6-8-16/h9H,4-8H2,1-3H3,(H2,15,18,19). The molecular formula is C14H22N2O4S. The van der Waals surface area contributed by atoms with Gasteiger partial charge in [0.2, 0.25) is 10.0 Å². The van der Waals surface area contributed by atoms with Gasteiger partial charge in [-0.3, -0.25) is 4.79 Å². The molecule has 1 saturated heterocycles. The first-order chi connectivity index (χ1) is 9.60. The molecule has 1 aromatic heterocycles. The van der Waals surface area contributed by atoms with Crippen molar-refractivity contribution in [3.8, 4) is 0 Å². The van der Waals surface area contributed by atoms with Crippen LogP contribution in [0.4, 0.5) is 0 Å². The number of hydrogen-bond donors (Lipinski definition) is 1. The monoisotopic (exact) mass is 314 g/mol. The number of rotatable bonds is 2. The Morgan fingerprint density at radius 3 is 2.57 bits per heavy atom. The van der Waals surface area contributed by atoms with Crippen LogP contribution in [0.1, 0.15) is 49.4 Å². The molecular weight excluding hydrogens is 292 g/mol. The SMILES string of the molecule is Cc1oc(C(=O)N2CCCC(C)(C)CC2)cc1S(N)(=O)=O. The van der Waals surface area contributed by atoms with Gasteiger partial charge in [-0.15, -0.1) is 0 Å². The Labute approximate surface area is 125 Å². The molecule has 0 saturated carbocycles. The number of nitrogens with zero attached hydrogens (tertiary/aromatic N) is 1. The van der Waals surface area contributed by atoms with Crippen molar-refractivity contribution in [3.63, 3.8) is 0 Å². The van der Waals surface area contributed by atoms with Crippen LogP contribution < -0.4 is 5.14 Å². The van der Waals surface area contributed by atoms with Crippen LogP contribution in [0.25, 0.3) is 0 Å². The molecule has 1 aliphatic heterocycles. The van der Waals surface area contributed by atoms with E-state index in [2.05, 4.69) is 13.8 Å². The van der Waals surface area contributed by atoms with Gasteiger partial charge in [0, 0.05) is 19.2 Å². The molecule has 2 N–H and O–H groups in total. The van der Waals surface area contributed by atoms with Crippen molar-refractivity contribution < 1.29 is 17.6 Å². The molecule has 2 heterocycles. The second kappa shape index (κ2) is 5.46. The van der Waals surface area contributed by atoms with E-state index in [4.69, 9.17) is 9.56 Å². The van der Waals surface area contributed by atoms with Crippen molar-refractivity contribution >= 4 is 15.9 Å². The van der Waals surface area contributed by atoms with Crippen molar-refractivity contribution in [1.29, 1.82) is 0 Å². The quantitative estimate of drug-likeness (QED) is 0.902. The smallest absolute Gasteiger partial charge is 0.289 e. The lowest BCUT2D eigenvalue weighted by Gasteiger charge is -2.22. The first kappa shape index (κ1) is 16.0. The van der Waals surface area contributed by atoms with E-state index >= 15 is 0 Å². The van der Waals surface area contributed by atoms with Crippen molar-refractivity contribution in [1.82, 2.24) is 4.90 Å². The van der Waals surface area contributed by atoms with Gasteiger partial charge >= 0.3 is 0 Å². The number of carbonyl (C=O) groups excluding carboxylic acids is 1. The zero-order valence-corrected chi connectivity index (χ0v) is 13.5. The molecule has 1 fully saturated rings. The number of hydrogen-bond acceptors (Lipinski definition) is 4. The molecule has 0 spiro atoms. The summed E-state index contributed by atoms with van der Waals surface area (Å²) in [5, 5.41) is 5.10. The second-order valence-electron chi connectivity index (χ2n) is 6.39. The fourth-order valence-corrected chi connectivity index (χ4v) is 3.35. The Kier molecular flexibility index (Phi) is 4.17. The highest BCUT2D eigenvalue weighted by atomic mass is 32.2. The zero-order chi connectivity index (χ0) is 15.8. The summed E-state index contributed by atoms with van der Waals surface area (Å²) in [4.78, 5) is 14.1. The van der Waals surface area contributed by atoms with E-state index in [1.807, 2.05) is 0 Å². The fourth-order valence-electron chi connectivity index (χ4n) is 2.64. The van der Waals surface area contributed by atoms with Crippen molar-refractivity contribution in [2.24, 2.45) is 10.6 Å². The largest absolute Gasteiger partial charge is 0.455 e. The molecule has 0 radical (unpaired) electrons. The number of likely N-dealkylation sites (tertiary alicyclic amines) is 1. The maximum Gasteiger partial charge on any atom is 0.289 e. The van der Waals surface area contributed by atoms with Crippen LogP contribution in [-0.2, 0) is 10.0 Å². The molecule has 0 atom stereocenters. The Morgan fingerprint density at radius 2 is 2.00 bits per heavy atom. The van der Waals surface area contributed by atoms with Gasteiger partial charge in [0.05, 0.1) is 0 Å². The third-order valence-electron chi connectivity index (χ3n) is 4.02. The number of nitrogens with two attached hydrogens (primary N) is 1. The lowest BCUT2D eigenvalue weighted by molar-refractivity contribution is 0.0724. The van der Waals surface area contributed by atoms with E-state index in [0.29, 0.717) is 13.1 Å². The zero-order valence-electron chi connectivity index (χ0n) is 12.7. The summed E-state index contributed by atoms with van der Waals surface area (Å²) in [5.74, 6) is -0.0852. The van der Waals surface area contributed by atoms with Crippen molar-refractivity contribution in [2.75, 3.05) is 13.1 Å². The molecule has 0 unspecified atom stereocenters. The minimum atomic E-state index is -3.87. The third kappa shape index (κ3) is 3.65. The van der Waals surface area contributed by atoms with E-state index in [9.17, 15) is 13.2 Å². The first-order valence-corrected chi connectivity index (χ1v) is 8.57. The average Bonchev–Trinajstić information content (AvgIpc) is 2.65. The average molecular weight is 314 g/mol. The highest BCUT2D eigenvalue weighted by Gasteiger charge is 2.28. The molecule has 1 amide bonds. The molecule has 6 nitrogen and oxygen atoms in total. The van der Waals surface area contributed by atoms with Gasteiger partial charge in [0.1, 0.15) is 10.7 Å². The van der Waals surface area contributed by atoms with Crippen LogP contribution >= 0.6 is 0 Å². The van der Waals surface area contributed by atoms with Crippen molar-refractivity contribution in [2.45, 2.75) is 44.9 Å². The normalized spacial score (nSPS) is 19.3. The summed E-state index contributed by atoms with van der Waals surface area (Å²) < 4.78 is 28.1.